The summed E-state index contributed by atoms with van der Waals surface area (Å²) in [6.45, 7) is 11.0. The number of thiol groups is 1. The summed E-state index contributed by atoms with van der Waals surface area (Å²) in [6, 6.07) is 17.4. The summed E-state index contributed by atoms with van der Waals surface area (Å²) in [4.78, 5) is 2.47. The number of nitrogens with zero attached hydrogens (tertiary/aromatic N) is 2. The highest BCUT2D eigenvalue weighted by Crippen LogP contribution is 2.48. The van der Waals surface area contributed by atoms with E-state index in [-0.39, 0.29) is 10.8 Å². The van der Waals surface area contributed by atoms with Crippen molar-refractivity contribution in [2.75, 3.05) is 29.5 Å². The molecule has 0 saturated heterocycles. The van der Waals surface area contributed by atoms with Crippen LogP contribution in [0.4, 0.5) is 11.4 Å². The van der Waals surface area contributed by atoms with Crippen LogP contribution >= 0.6 is 36.3 Å². The van der Waals surface area contributed by atoms with Crippen LogP contribution in [0.2, 0.25) is 0 Å². The van der Waals surface area contributed by atoms with Gasteiger partial charge in [-0.3, -0.25) is 12.0 Å². The Bertz CT molecular complexity index is 1480. The van der Waals surface area contributed by atoms with Crippen molar-refractivity contribution < 1.29 is 9.13 Å². The Balaban J connectivity index is 1.48. The van der Waals surface area contributed by atoms with Gasteiger partial charge in [0.15, 0.2) is 5.71 Å². The van der Waals surface area contributed by atoms with Crippen molar-refractivity contribution in [3.05, 3.63) is 106 Å². The third-order valence-corrected chi connectivity index (χ3v) is 10.3. The average molecular weight is 619 g/mol. The summed E-state index contributed by atoms with van der Waals surface area (Å²) < 4.78 is 13.5. The molecule has 0 spiro atoms. The van der Waals surface area contributed by atoms with Crippen LogP contribution in [-0.2, 0) is 10.8 Å². The zero-order valence-electron chi connectivity index (χ0n) is 25.3. The second kappa shape index (κ2) is 13.2. The minimum Gasteiger partial charge on any atom is -0.799 e. The van der Waals surface area contributed by atoms with Gasteiger partial charge < -0.3 is 9.45 Å². The van der Waals surface area contributed by atoms with Crippen LogP contribution in [0.3, 0.4) is 0 Å². The number of hydrogen-bond donors (Lipinski definition) is 1. The van der Waals surface area contributed by atoms with Crippen molar-refractivity contribution in [1.82, 2.24) is 0 Å². The molecule has 0 bridgehead atoms. The monoisotopic (exact) mass is 618 g/mol. The molecule has 2 aromatic carbocycles. The van der Waals surface area contributed by atoms with E-state index in [4.69, 9.17) is 11.6 Å². The average Bonchev–Trinajstić information content (AvgIpc) is 3.33. The van der Waals surface area contributed by atoms with Gasteiger partial charge in [0.2, 0.25) is 5.69 Å². The molecule has 0 aromatic heterocycles. The highest BCUT2D eigenvalue weighted by molar-refractivity contribution is 7.93. The van der Waals surface area contributed by atoms with E-state index >= 15 is 0 Å². The Kier molecular flexibility index (Phi) is 9.83. The molecule has 5 rings (SSSR count). The van der Waals surface area contributed by atoms with E-state index in [1.54, 1.807) is 0 Å². The fourth-order valence-electron chi connectivity index (χ4n) is 6.84. The van der Waals surface area contributed by atoms with E-state index in [2.05, 4.69) is 123 Å². The van der Waals surface area contributed by atoms with Gasteiger partial charge in [-0.2, -0.15) is 17.2 Å². The fraction of sp³-hybridized carbons (Fsp3) is 0.417. The van der Waals surface area contributed by atoms with Gasteiger partial charge in [0.1, 0.15) is 6.54 Å². The molecule has 0 N–H and O–H groups in total. The molecule has 0 radical (unpaired) electrons. The number of halogens is 1. The highest BCUT2D eigenvalue weighted by Gasteiger charge is 2.44. The van der Waals surface area contributed by atoms with Crippen molar-refractivity contribution in [3.8, 4) is 0 Å². The SMILES string of the molecule is CC1(C)C(/C=C/C2=C(Cl)C(=C/C=C3\N(CCCS)c4ccccc4C3(C)C)/CCC2)=[N+](CCCS[O-])c2ccccc21. The van der Waals surface area contributed by atoms with Crippen molar-refractivity contribution in [3.63, 3.8) is 0 Å². The first-order valence-electron chi connectivity index (χ1n) is 15.2. The van der Waals surface area contributed by atoms with Gasteiger partial charge in [0.25, 0.3) is 0 Å². The number of para-hydroxylation sites is 2. The molecule has 1 aliphatic carbocycles. The van der Waals surface area contributed by atoms with E-state index in [9.17, 15) is 4.55 Å². The summed E-state index contributed by atoms with van der Waals surface area (Å²) >= 11 is 12.3. The quantitative estimate of drug-likeness (QED) is 0.124. The van der Waals surface area contributed by atoms with E-state index in [0.29, 0.717) is 17.8 Å². The maximum atomic E-state index is 11.1. The molecule has 2 heterocycles. The van der Waals surface area contributed by atoms with Crippen LogP contribution in [0.25, 0.3) is 0 Å². The largest absolute Gasteiger partial charge is 0.799 e. The first-order chi connectivity index (χ1) is 20.2. The second-order valence-corrected chi connectivity index (χ2v) is 14.0. The number of rotatable bonds is 10. The molecule has 6 heteroatoms. The summed E-state index contributed by atoms with van der Waals surface area (Å²) in [5.41, 5.74) is 10.0. The van der Waals surface area contributed by atoms with E-state index in [1.807, 2.05) is 0 Å². The van der Waals surface area contributed by atoms with Crippen molar-refractivity contribution in [2.24, 2.45) is 0 Å². The summed E-state index contributed by atoms with van der Waals surface area (Å²) in [5, 5.41) is 0.882. The molecule has 0 fully saturated rings. The molecule has 0 saturated carbocycles. The Morgan fingerprint density at radius 1 is 0.952 bits per heavy atom. The topological polar surface area (TPSA) is 29.3 Å². The lowest BCUT2D eigenvalue weighted by Crippen LogP contribution is -2.28. The molecule has 2 aromatic rings. The normalized spacial score (nSPS) is 21.3. The Labute approximate surface area is 267 Å². The van der Waals surface area contributed by atoms with Gasteiger partial charge in [-0.1, -0.05) is 74.0 Å². The van der Waals surface area contributed by atoms with Crippen molar-refractivity contribution in [1.29, 1.82) is 0 Å². The molecule has 0 unspecified atom stereocenters. The number of anilines is 1. The third-order valence-electron chi connectivity index (χ3n) is 9.09. The molecule has 0 amide bonds. The van der Waals surface area contributed by atoms with Crippen LogP contribution in [0.5, 0.6) is 0 Å². The first kappa shape index (κ1) is 31.3. The van der Waals surface area contributed by atoms with E-state index in [0.717, 1.165) is 56.0 Å². The van der Waals surface area contributed by atoms with E-state index in [1.165, 1.54) is 45.1 Å². The minimum absolute atomic E-state index is 0.0778. The molecule has 42 heavy (non-hydrogen) atoms. The number of benzene rings is 2. The Morgan fingerprint density at radius 3 is 2.45 bits per heavy atom. The second-order valence-electron chi connectivity index (χ2n) is 12.5. The predicted octanol–water partition coefficient (Wildman–Crippen LogP) is 9.48. The molecule has 222 valence electrons. The minimum atomic E-state index is -0.123. The zero-order chi connectivity index (χ0) is 29.9. The fourth-order valence-corrected chi connectivity index (χ4v) is 7.54. The molecule has 3 nitrogen and oxygen atoms in total. The predicted molar refractivity (Wildman–Crippen MR) is 184 cm³/mol. The summed E-state index contributed by atoms with van der Waals surface area (Å²) in [5.74, 6) is 1.48. The molecule has 3 aliphatic rings. The van der Waals surface area contributed by atoms with Crippen molar-refractivity contribution in [2.45, 2.75) is 70.6 Å². The van der Waals surface area contributed by atoms with E-state index < -0.39 is 0 Å². The van der Waals surface area contributed by atoms with Gasteiger partial charge in [-0.05, 0) is 79.9 Å². The highest BCUT2D eigenvalue weighted by atomic mass is 35.5. The van der Waals surface area contributed by atoms with Crippen LogP contribution in [-0.4, -0.2) is 39.4 Å². The Morgan fingerprint density at radius 2 is 1.69 bits per heavy atom. The zero-order valence-corrected chi connectivity index (χ0v) is 27.8. The standard InChI is InChI=1S/C36H43ClN2OS2/c1-35(2)28-14-5-7-16-30(28)38(22-10-24-41)32(35)20-18-26-12-9-13-27(34(26)37)19-21-33-36(3,4)29-15-6-8-17-31(29)39(33)23-11-25-42-40/h5-8,14-21H,9-13,22-25H2,1-4H3,(H-,40,41). The summed E-state index contributed by atoms with van der Waals surface area (Å²) in [7, 11) is 0. The molecule has 0 atom stereocenters. The van der Waals surface area contributed by atoms with Gasteiger partial charge >= 0.3 is 0 Å². The van der Waals surface area contributed by atoms with Crippen LogP contribution in [0, 0.1) is 0 Å². The maximum absolute atomic E-state index is 11.1. The maximum Gasteiger partial charge on any atom is 0.209 e. The smallest absolute Gasteiger partial charge is 0.209 e. The van der Waals surface area contributed by atoms with Crippen LogP contribution in [0.1, 0.15) is 70.9 Å². The van der Waals surface area contributed by atoms with Gasteiger partial charge in [0.05, 0.1) is 5.41 Å². The third kappa shape index (κ3) is 5.95. The number of fused-ring (bicyclic) bond motifs is 2. The van der Waals surface area contributed by atoms with Gasteiger partial charge in [0, 0.05) is 52.5 Å². The molecular weight excluding hydrogens is 576 g/mol. The molecular formula is C36H43ClN2OS2. The lowest BCUT2D eigenvalue weighted by molar-refractivity contribution is -0.437. The van der Waals surface area contributed by atoms with Gasteiger partial charge in [-0.25, -0.2) is 0 Å². The molecule has 2 aliphatic heterocycles. The lowest BCUT2D eigenvalue weighted by atomic mass is 9.81. The van der Waals surface area contributed by atoms with Crippen LogP contribution < -0.4 is 4.90 Å². The van der Waals surface area contributed by atoms with Gasteiger partial charge in [-0.15, -0.1) is 0 Å². The van der Waals surface area contributed by atoms with Crippen LogP contribution in [0.15, 0.2) is 94.7 Å². The Hall–Kier alpha value is -2.18. The van der Waals surface area contributed by atoms with Crippen molar-refractivity contribution >= 4 is 53.4 Å². The number of hydrogen-bond acceptors (Lipinski definition) is 4. The number of allylic oxidation sites excluding steroid dienone is 8. The first-order valence-corrected chi connectivity index (χ1v) is 17.1. The summed E-state index contributed by atoms with van der Waals surface area (Å²) in [6.07, 6.45) is 14.0. The lowest BCUT2D eigenvalue weighted by Gasteiger charge is -2.27.